The van der Waals surface area contributed by atoms with Crippen LogP contribution in [0.25, 0.3) is 10.9 Å². The largest absolute Gasteiger partial charge is 0.496 e. The lowest BCUT2D eigenvalue weighted by molar-refractivity contribution is -0.228. The van der Waals surface area contributed by atoms with Gasteiger partial charge in [0, 0.05) is 84.5 Å². The summed E-state index contributed by atoms with van der Waals surface area (Å²) in [7, 11) is 6.10. The molecule has 4 aliphatic heterocycles. The summed E-state index contributed by atoms with van der Waals surface area (Å²) in [4.78, 5) is 51.7. The van der Waals surface area contributed by atoms with E-state index in [1.807, 2.05) is 87.3 Å². The van der Waals surface area contributed by atoms with Gasteiger partial charge in [0.15, 0.2) is 11.9 Å². The van der Waals surface area contributed by atoms with Crippen molar-refractivity contribution in [2.75, 3.05) is 66.1 Å². The van der Waals surface area contributed by atoms with E-state index in [0.29, 0.717) is 94.0 Å². The number of aromatic nitrogens is 1. The van der Waals surface area contributed by atoms with E-state index >= 15 is 4.79 Å². The number of aliphatic hydroxyl groups is 2. The molecule has 72 heavy (non-hydrogen) atoms. The number of methoxy groups -OCH3 is 3. The van der Waals surface area contributed by atoms with Gasteiger partial charge in [0.05, 0.1) is 39.6 Å². The zero-order chi connectivity index (χ0) is 51.4. The number of likely N-dealkylation sites (N-methyl/N-ethyl adjacent to an activating group) is 1. The molecule has 9 atom stereocenters. The molecule has 5 heterocycles. The van der Waals surface area contributed by atoms with Gasteiger partial charge >= 0.3 is 17.9 Å². The Balaban J connectivity index is 1.28. The van der Waals surface area contributed by atoms with E-state index in [2.05, 4.69) is 46.4 Å². The van der Waals surface area contributed by atoms with Crippen molar-refractivity contribution < 1.29 is 53.0 Å². The Morgan fingerprint density at radius 2 is 1.75 bits per heavy atom. The second kappa shape index (κ2) is 19.5. The highest BCUT2D eigenvalue weighted by Crippen LogP contribution is 2.68. The van der Waals surface area contributed by atoms with E-state index in [0.717, 1.165) is 27.6 Å². The van der Waals surface area contributed by atoms with E-state index in [9.17, 15) is 19.8 Å². The van der Waals surface area contributed by atoms with Crippen LogP contribution in [0.2, 0.25) is 0 Å². The number of fused-ring (bicyclic) bond motifs is 2. The lowest BCUT2D eigenvalue weighted by Gasteiger charge is -2.63. The number of hydrogen-bond donors (Lipinski definition) is 4. The van der Waals surface area contributed by atoms with E-state index in [1.165, 1.54) is 21.1 Å². The fourth-order valence-corrected chi connectivity index (χ4v) is 14.3. The molecule has 0 radical (unpaired) electrons. The number of carbonyl (C=O) groups is 3. The van der Waals surface area contributed by atoms with Crippen LogP contribution in [0.1, 0.15) is 101 Å². The maximum absolute atomic E-state index is 15.8. The molecule has 388 valence electrons. The maximum Gasteiger partial charge on any atom is 0.344 e. The van der Waals surface area contributed by atoms with Gasteiger partial charge in [0.2, 0.25) is 5.60 Å². The van der Waals surface area contributed by atoms with Crippen molar-refractivity contribution in [2.24, 2.45) is 11.3 Å². The molecule has 15 heteroatoms. The van der Waals surface area contributed by atoms with Crippen molar-refractivity contribution in [2.45, 2.75) is 132 Å². The van der Waals surface area contributed by atoms with E-state index in [4.69, 9.17) is 28.4 Å². The first-order valence-corrected chi connectivity index (χ1v) is 25.7. The summed E-state index contributed by atoms with van der Waals surface area (Å²) in [5.74, 6) is -2.76. The Morgan fingerprint density at radius 1 is 1.00 bits per heavy atom. The van der Waals surface area contributed by atoms with Crippen molar-refractivity contribution in [3.8, 4) is 5.75 Å². The fourth-order valence-electron chi connectivity index (χ4n) is 14.3. The number of rotatable bonds is 19. The molecule has 9 rings (SSSR count). The third kappa shape index (κ3) is 7.95. The van der Waals surface area contributed by atoms with E-state index < -0.39 is 63.3 Å². The van der Waals surface area contributed by atoms with Crippen LogP contribution >= 0.6 is 0 Å². The molecular formula is C57H74N4O11. The highest BCUT2D eigenvalue weighted by molar-refractivity contribution is 5.95. The van der Waals surface area contributed by atoms with Crippen LogP contribution in [0, 0.1) is 11.3 Å². The minimum atomic E-state index is -2.35. The predicted molar refractivity (Wildman–Crippen MR) is 273 cm³/mol. The van der Waals surface area contributed by atoms with E-state index in [-0.39, 0.29) is 25.0 Å². The molecular weight excluding hydrogens is 917 g/mol. The molecule has 1 saturated carbocycles. The molecule has 4 aromatic rings. The molecule has 1 aromatic heterocycles. The molecule has 4 N–H and O–H groups in total. The fraction of sp³-hybridized carbons (Fsp3) is 0.561. The van der Waals surface area contributed by atoms with Crippen molar-refractivity contribution in [1.29, 1.82) is 0 Å². The number of ether oxygens (including phenoxy) is 6. The van der Waals surface area contributed by atoms with Gasteiger partial charge in [-0.2, -0.15) is 0 Å². The van der Waals surface area contributed by atoms with Crippen LogP contribution in [0.15, 0.2) is 78.9 Å². The third-order valence-electron chi connectivity index (χ3n) is 17.3. The number of H-pyrrole nitrogens is 1. The molecule has 2 saturated heterocycles. The minimum Gasteiger partial charge on any atom is -0.496 e. The SMILES string of the molecule is CC[C@@]1(C[C@@H](CO)CC[C@](C(=O)OC)(c2cc3c(cc2OC)N(C)[C@H]2[C@@](O)(C(=O)OC)[C@H](OC(C)=O)[C@]4(CC)C=CCN5CC[C@]32[C@@H]54)c2[nH]c3ccccc3c2CCNCc2ccccc2)COC(C)(C)O1. The number of hydrogen-bond acceptors (Lipinski definition) is 14. The minimum absolute atomic E-state index is 0.164. The number of esters is 3. The predicted octanol–water partition coefficient (Wildman–Crippen LogP) is 6.62. The quantitative estimate of drug-likeness (QED) is 0.0341. The lowest BCUT2D eigenvalue weighted by Crippen LogP contribution is -2.81. The topological polar surface area (TPSA) is 181 Å². The second-order valence-corrected chi connectivity index (χ2v) is 21.4. The Hall–Kier alpha value is -5.29. The highest BCUT2D eigenvalue weighted by Gasteiger charge is 2.80. The van der Waals surface area contributed by atoms with Crippen molar-refractivity contribution in [3.63, 3.8) is 0 Å². The first kappa shape index (κ1) is 51.6. The summed E-state index contributed by atoms with van der Waals surface area (Å²) >= 11 is 0. The number of nitrogens with zero attached hydrogens (tertiary/aromatic N) is 2. The average molecular weight is 991 g/mol. The third-order valence-corrected chi connectivity index (χ3v) is 17.3. The van der Waals surface area contributed by atoms with Gasteiger partial charge in [-0.15, -0.1) is 0 Å². The second-order valence-electron chi connectivity index (χ2n) is 21.4. The smallest absolute Gasteiger partial charge is 0.344 e. The van der Waals surface area contributed by atoms with Crippen LogP contribution in [-0.2, 0) is 61.9 Å². The van der Waals surface area contributed by atoms with Crippen LogP contribution in [0.4, 0.5) is 5.69 Å². The number of aromatic amines is 1. The summed E-state index contributed by atoms with van der Waals surface area (Å²) in [6.45, 7) is 11.9. The number of carbonyl (C=O) groups excluding carboxylic acids is 3. The van der Waals surface area contributed by atoms with Crippen LogP contribution in [0.3, 0.4) is 0 Å². The van der Waals surface area contributed by atoms with Crippen molar-refractivity contribution in [1.82, 2.24) is 15.2 Å². The monoisotopic (exact) mass is 991 g/mol. The molecule has 5 aliphatic rings. The Bertz CT molecular complexity index is 2710. The molecule has 15 nitrogen and oxygen atoms in total. The van der Waals surface area contributed by atoms with Crippen LogP contribution in [-0.4, -0.2) is 134 Å². The van der Waals surface area contributed by atoms with Gasteiger partial charge in [-0.05, 0) is 107 Å². The number of anilines is 1. The van der Waals surface area contributed by atoms with E-state index in [1.54, 1.807) is 7.11 Å². The molecule has 3 fully saturated rings. The van der Waals surface area contributed by atoms with Crippen molar-refractivity contribution >= 4 is 34.5 Å². The molecule has 1 spiro atoms. The highest BCUT2D eigenvalue weighted by atomic mass is 16.8. The summed E-state index contributed by atoms with van der Waals surface area (Å²) in [5.41, 5.74) is -0.955. The summed E-state index contributed by atoms with van der Waals surface area (Å²) < 4.78 is 37.0. The molecule has 3 aromatic carbocycles. The maximum atomic E-state index is 15.8. The lowest BCUT2D eigenvalue weighted by atomic mass is 9.47. The zero-order valence-electron chi connectivity index (χ0n) is 43.5. The Kier molecular flexibility index (Phi) is 14.0. The summed E-state index contributed by atoms with van der Waals surface area (Å²) in [6, 6.07) is 21.0. The molecule has 0 amide bonds. The Labute approximate surface area is 423 Å². The van der Waals surface area contributed by atoms with Crippen molar-refractivity contribution in [3.05, 3.63) is 107 Å². The van der Waals surface area contributed by atoms with Crippen LogP contribution < -0.4 is 15.0 Å². The Morgan fingerprint density at radius 3 is 2.40 bits per heavy atom. The number of nitrogens with one attached hydrogen (secondary N) is 2. The first-order valence-electron chi connectivity index (χ1n) is 25.7. The number of para-hydroxylation sites is 1. The average Bonchev–Trinajstić information content (AvgIpc) is 4.12. The van der Waals surface area contributed by atoms with Gasteiger partial charge in [-0.1, -0.05) is 74.5 Å². The standard InChI is InChI=1S/C57H74N4O11/c1-10-53(35-70-52(4,5)72-53)32-38(34-62)22-25-55(50(64)68-8,46-40(39-20-15-16-21-43(39)59-46)23-27-58-33-37-18-13-12-14-19-37)42-30-41-44(31-45(42)67-7)60(6)48-56(41)26-29-61-28-17-24-54(11-2,47(56)61)49(71-36(3)63)57(48,66)51(65)69-9/h12-21,24,30-31,38,47-49,58-59,62,66H,10-11,22-23,25-29,32-35H2,1-9H3/t38-,47-,48+,49+,53+,54+,55-,56+,57-/m0/s1. The first-order chi connectivity index (χ1) is 34.5. The molecule has 1 aliphatic carbocycles. The van der Waals surface area contributed by atoms with Gasteiger partial charge in [-0.3, -0.25) is 14.5 Å². The summed E-state index contributed by atoms with van der Waals surface area (Å²) in [6.07, 6.45) is 5.99. The number of benzene rings is 3. The van der Waals surface area contributed by atoms with Gasteiger partial charge in [-0.25, -0.2) is 4.79 Å². The van der Waals surface area contributed by atoms with Gasteiger partial charge in [0.25, 0.3) is 0 Å². The molecule has 0 unspecified atom stereocenters. The summed E-state index contributed by atoms with van der Waals surface area (Å²) in [5, 5.41) is 29.4. The molecule has 0 bridgehead atoms. The zero-order valence-corrected chi connectivity index (χ0v) is 43.5. The van der Waals surface area contributed by atoms with Gasteiger partial charge < -0.3 is 53.8 Å². The normalized spacial score (nSPS) is 29.3. The number of aliphatic hydroxyl groups excluding tert-OH is 1. The van der Waals surface area contributed by atoms with Crippen LogP contribution in [0.5, 0.6) is 5.75 Å². The van der Waals surface area contributed by atoms with Gasteiger partial charge in [0.1, 0.15) is 11.2 Å².